The summed E-state index contributed by atoms with van der Waals surface area (Å²) in [6, 6.07) is 4.53. The van der Waals surface area contributed by atoms with Gasteiger partial charge >= 0.3 is 5.97 Å². The third kappa shape index (κ3) is 2.80. The molecule has 1 aromatic rings. The first-order chi connectivity index (χ1) is 6.50. The van der Waals surface area contributed by atoms with Gasteiger partial charge < -0.3 is 4.74 Å². The topological polar surface area (TPSA) is 26.3 Å². The van der Waals surface area contributed by atoms with Gasteiger partial charge in [-0.3, -0.25) is 4.79 Å². The minimum atomic E-state index is -0.565. The first-order valence-electron chi connectivity index (χ1n) is 4.13. The number of rotatable bonds is 2. The van der Waals surface area contributed by atoms with Gasteiger partial charge in [0.15, 0.2) is 0 Å². The number of hydrogen-bond acceptors (Lipinski definition) is 2. The van der Waals surface area contributed by atoms with Gasteiger partial charge in [-0.2, -0.15) is 0 Å². The molecule has 1 aromatic carbocycles. The quantitative estimate of drug-likeness (QED) is 0.764. The van der Waals surface area contributed by atoms with Gasteiger partial charge in [-0.15, -0.1) is 0 Å². The van der Waals surface area contributed by atoms with E-state index < -0.39 is 12.1 Å². The Morgan fingerprint density at radius 3 is 2.79 bits per heavy atom. The fourth-order valence-electron chi connectivity index (χ4n) is 1.14. The smallest absolute Gasteiger partial charge is 0.303 e. The van der Waals surface area contributed by atoms with Gasteiger partial charge in [0, 0.05) is 17.0 Å². The zero-order valence-electron chi connectivity index (χ0n) is 7.88. The molecule has 0 aliphatic carbocycles. The Morgan fingerprint density at radius 1 is 1.57 bits per heavy atom. The molecule has 0 aromatic heterocycles. The van der Waals surface area contributed by atoms with Gasteiger partial charge in [0.1, 0.15) is 11.9 Å². The van der Waals surface area contributed by atoms with Crippen LogP contribution in [0.2, 0.25) is 0 Å². The molecule has 0 spiro atoms. The summed E-state index contributed by atoms with van der Waals surface area (Å²) in [6.45, 7) is 2.93. The second kappa shape index (κ2) is 4.55. The third-order valence-corrected chi connectivity index (χ3v) is 2.23. The second-order valence-corrected chi connectivity index (χ2v) is 3.83. The van der Waals surface area contributed by atoms with Crippen molar-refractivity contribution in [2.45, 2.75) is 20.0 Å². The van der Waals surface area contributed by atoms with Crippen LogP contribution in [-0.4, -0.2) is 5.97 Å². The third-order valence-electron chi connectivity index (χ3n) is 1.74. The maximum Gasteiger partial charge on any atom is 0.303 e. The molecule has 0 bridgehead atoms. The van der Waals surface area contributed by atoms with Crippen molar-refractivity contribution in [1.82, 2.24) is 0 Å². The molecular weight excluding hydrogens is 251 g/mol. The lowest BCUT2D eigenvalue weighted by molar-refractivity contribution is -0.145. The van der Waals surface area contributed by atoms with E-state index in [-0.39, 0.29) is 5.82 Å². The monoisotopic (exact) mass is 260 g/mol. The van der Waals surface area contributed by atoms with Gasteiger partial charge in [-0.25, -0.2) is 4.39 Å². The summed E-state index contributed by atoms with van der Waals surface area (Å²) in [5.41, 5.74) is 0.370. The van der Waals surface area contributed by atoms with Crippen LogP contribution in [0, 0.1) is 5.82 Å². The summed E-state index contributed by atoms with van der Waals surface area (Å²) in [5.74, 6) is -0.793. The Bertz CT molecular complexity index is 352. The van der Waals surface area contributed by atoms with Crippen LogP contribution < -0.4 is 0 Å². The molecule has 2 nitrogen and oxygen atoms in total. The molecule has 1 atom stereocenters. The zero-order chi connectivity index (χ0) is 10.7. The first kappa shape index (κ1) is 11.2. The fourth-order valence-corrected chi connectivity index (χ4v) is 1.52. The molecule has 0 heterocycles. The van der Waals surface area contributed by atoms with E-state index in [0.717, 1.165) is 4.47 Å². The number of carbonyl (C=O) groups is 1. The molecule has 1 unspecified atom stereocenters. The molecule has 14 heavy (non-hydrogen) atoms. The largest absolute Gasteiger partial charge is 0.458 e. The first-order valence-corrected chi connectivity index (χ1v) is 4.92. The molecule has 0 saturated carbocycles. The highest BCUT2D eigenvalue weighted by Crippen LogP contribution is 2.23. The van der Waals surface area contributed by atoms with Crippen molar-refractivity contribution in [3.8, 4) is 0 Å². The highest BCUT2D eigenvalue weighted by molar-refractivity contribution is 9.10. The molecule has 0 amide bonds. The van der Waals surface area contributed by atoms with E-state index in [1.54, 1.807) is 19.1 Å². The van der Waals surface area contributed by atoms with Gasteiger partial charge in [-0.1, -0.05) is 15.9 Å². The predicted molar refractivity (Wildman–Crippen MR) is 54.3 cm³/mol. The van der Waals surface area contributed by atoms with E-state index in [9.17, 15) is 9.18 Å². The molecule has 0 saturated heterocycles. The van der Waals surface area contributed by atoms with E-state index >= 15 is 0 Å². The Kier molecular flexibility index (Phi) is 3.63. The number of hydrogen-bond donors (Lipinski definition) is 0. The van der Waals surface area contributed by atoms with Crippen LogP contribution in [0.15, 0.2) is 22.7 Å². The molecule has 76 valence electrons. The Labute approximate surface area is 90.2 Å². The number of carbonyl (C=O) groups excluding carboxylic acids is 1. The summed E-state index contributed by atoms with van der Waals surface area (Å²) < 4.78 is 18.9. The van der Waals surface area contributed by atoms with E-state index in [2.05, 4.69) is 15.9 Å². The highest BCUT2D eigenvalue weighted by atomic mass is 79.9. The van der Waals surface area contributed by atoms with Crippen molar-refractivity contribution in [3.05, 3.63) is 34.1 Å². The normalized spacial score (nSPS) is 12.3. The van der Waals surface area contributed by atoms with E-state index in [1.165, 1.54) is 13.0 Å². The molecule has 0 radical (unpaired) electrons. The standard InChI is InChI=1S/C10H10BrFO2/c1-6(14-7(2)13)9-5-8(11)3-4-10(9)12/h3-6H,1-2H3. The lowest BCUT2D eigenvalue weighted by atomic mass is 10.1. The van der Waals surface area contributed by atoms with Crippen LogP contribution >= 0.6 is 15.9 Å². The van der Waals surface area contributed by atoms with Crippen molar-refractivity contribution in [1.29, 1.82) is 0 Å². The summed E-state index contributed by atoms with van der Waals surface area (Å²) in [4.78, 5) is 10.7. The summed E-state index contributed by atoms with van der Waals surface area (Å²) >= 11 is 3.22. The van der Waals surface area contributed by atoms with Gasteiger partial charge in [0.25, 0.3) is 0 Å². The zero-order valence-corrected chi connectivity index (χ0v) is 9.47. The van der Waals surface area contributed by atoms with E-state index in [4.69, 9.17) is 4.74 Å². The Balaban J connectivity index is 2.93. The summed E-state index contributed by atoms with van der Waals surface area (Å²) in [7, 11) is 0. The minimum absolute atomic E-state index is 0.370. The molecule has 0 aliphatic heterocycles. The Morgan fingerprint density at radius 2 is 2.21 bits per heavy atom. The summed E-state index contributed by atoms with van der Waals surface area (Å²) in [5, 5.41) is 0. The maximum absolute atomic E-state index is 13.3. The number of ether oxygens (including phenoxy) is 1. The highest BCUT2D eigenvalue weighted by Gasteiger charge is 2.13. The average molecular weight is 261 g/mol. The van der Waals surface area contributed by atoms with E-state index in [1.807, 2.05) is 0 Å². The lowest BCUT2D eigenvalue weighted by Crippen LogP contribution is -2.06. The van der Waals surface area contributed by atoms with Crippen molar-refractivity contribution in [3.63, 3.8) is 0 Å². The van der Waals surface area contributed by atoms with E-state index in [0.29, 0.717) is 5.56 Å². The lowest BCUT2D eigenvalue weighted by Gasteiger charge is -2.13. The van der Waals surface area contributed by atoms with Gasteiger partial charge in [-0.05, 0) is 25.1 Å². The van der Waals surface area contributed by atoms with Crippen LogP contribution in [0.1, 0.15) is 25.5 Å². The van der Waals surface area contributed by atoms with Crippen LogP contribution in [0.25, 0.3) is 0 Å². The fraction of sp³-hybridized carbons (Fsp3) is 0.300. The minimum Gasteiger partial charge on any atom is -0.458 e. The van der Waals surface area contributed by atoms with Crippen LogP contribution in [-0.2, 0) is 9.53 Å². The number of halogens is 2. The second-order valence-electron chi connectivity index (χ2n) is 2.92. The van der Waals surface area contributed by atoms with Crippen LogP contribution in [0.3, 0.4) is 0 Å². The van der Waals surface area contributed by atoms with Crippen molar-refractivity contribution in [2.75, 3.05) is 0 Å². The van der Waals surface area contributed by atoms with Crippen molar-refractivity contribution < 1.29 is 13.9 Å². The summed E-state index contributed by atoms with van der Waals surface area (Å²) in [6.07, 6.45) is -0.565. The molecule has 0 aliphatic rings. The molecule has 4 heteroatoms. The molecular formula is C10H10BrFO2. The van der Waals surface area contributed by atoms with Crippen molar-refractivity contribution >= 4 is 21.9 Å². The number of benzene rings is 1. The SMILES string of the molecule is CC(=O)OC(C)c1cc(Br)ccc1F. The molecule has 0 fully saturated rings. The molecule has 1 rings (SSSR count). The Hall–Kier alpha value is -0.900. The molecule has 0 N–H and O–H groups in total. The van der Waals surface area contributed by atoms with Crippen LogP contribution in [0.4, 0.5) is 4.39 Å². The van der Waals surface area contributed by atoms with Crippen molar-refractivity contribution in [2.24, 2.45) is 0 Å². The predicted octanol–water partition coefficient (Wildman–Crippen LogP) is 3.21. The van der Waals surface area contributed by atoms with Crippen LogP contribution in [0.5, 0.6) is 0 Å². The maximum atomic E-state index is 13.3. The van der Waals surface area contributed by atoms with Gasteiger partial charge in [0.05, 0.1) is 0 Å². The average Bonchev–Trinajstić information content (AvgIpc) is 2.08. The number of esters is 1. The van der Waals surface area contributed by atoms with Gasteiger partial charge in [0.2, 0.25) is 0 Å².